The van der Waals surface area contributed by atoms with Crippen molar-refractivity contribution in [3.8, 4) is 22.1 Å². The molecule has 0 radical (unpaired) electrons. The first-order valence-corrected chi connectivity index (χ1v) is 11.3. The van der Waals surface area contributed by atoms with Gasteiger partial charge in [-0.3, -0.25) is 4.79 Å². The average Bonchev–Trinajstić information content (AvgIpc) is 3.22. The van der Waals surface area contributed by atoms with Crippen LogP contribution < -0.4 is 14.8 Å². The van der Waals surface area contributed by atoms with Crippen molar-refractivity contribution in [3.05, 3.63) is 59.4 Å². The number of nitrogens with one attached hydrogen (secondary N) is 1. The summed E-state index contributed by atoms with van der Waals surface area (Å²) in [6.07, 6.45) is 1.08. The molecule has 3 aromatic rings. The second kappa shape index (κ2) is 11.0. The van der Waals surface area contributed by atoms with E-state index in [9.17, 15) is 9.18 Å². The van der Waals surface area contributed by atoms with E-state index in [1.807, 2.05) is 23.6 Å². The van der Waals surface area contributed by atoms with E-state index < -0.39 is 0 Å². The molecule has 1 amide bonds. The number of methoxy groups -OCH3 is 2. The molecule has 8 heteroatoms. The smallest absolute Gasteiger partial charge is 0.226 e. The zero-order valence-corrected chi connectivity index (χ0v) is 18.4. The lowest BCUT2D eigenvalue weighted by Crippen LogP contribution is -2.26. The number of ether oxygens (including phenoxy) is 2. The molecule has 3 rings (SSSR count). The van der Waals surface area contributed by atoms with Gasteiger partial charge in [0.15, 0.2) is 11.5 Å². The zero-order chi connectivity index (χ0) is 21.3. The normalized spacial score (nSPS) is 10.6. The first kappa shape index (κ1) is 22.1. The molecule has 0 bridgehead atoms. The fraction of sp³-hybridized carbons (Fsp3) is 0.273. The van der Waals surface area contributed by atoms with Gasteiger partial charge in [-0.1, -0.05) is 0 Å². The minimum Gasteiger partial charge on any atom is -0.493 e. The lowest BCUT2D eigenvalue weighted by molar-refractivity contribution is -0.120. The number of nitrogens with zero attached hydrogens (tertiary/aromatic N) is 1. The standard InChI is InChI=1S/C22H23FN2O3S2/c1-27-19-9-4-15(12-20(19)28-2)22-25-17(14-30-22)13-21(26)24-10-3-11-29-18-7-5-16(23)6-8-18/h4-9,12,14H,3,10-11,13H2,1-2H3,(H,24,26). The van der Waals surface area contributed by atoms with Crippen LogP contribution in [0.25, 0.3) is 10.6 Å². The van der Waals surface area contributed by atoms with Gasteiger partial charge in [0.2, 0.25) is 5.91 Å². The van der Waals surface area contributed by atoms with Crippen LogP contribution in [0.4, 0.5) is 4.39 Å². The predicted molar refractivity (Wildman–Crippen MR) is 119 cm³/mol. The molecule has 1 N–H and O–H groups in total. The molecule has 0 saturated heterocycles. The number of amides is 1. The van der Waals surface area contributed by atoms with Crippen LogP contribution in [0.1, 0.15) is 12.1 Å². The Labute approximate surface area is 183 Å². The summed E-state index contributed by atoms with van der Waals surface area (Å²) in [5.41, 5.74) is 1.66. The van der Waals surface area contributed by atoms with E-state index in [1.54, 1.807) is 38.1 Å². The molecular formula is C22H23FN2O3S2. The van der Waals surface area contributed by atoms with Gasteiger partial charge < -0.3 is 14.8 Å². The van der Waals surface area contributed by atoms with Crippen LogP contribution in [0, 0.1) is 5.82 Å². The van der Waals surface area contributed by atoms with Crippen molar-refractivity contribution in [1.29, 1.82) is 0 Å². The summed E-state index contributed by atoms with van der Waals surface area (Å²) in [4.78, 5) is 17.8. The van der Waals surface area contributed by atoms with E-state index in [4.69, 9.17) is 9.47 Å². The molecule has 0 aliphatic heterocycles. The number of aromatic nitrogens is 1. The maximum Gasteiger partial charge on any atom is 0.226 e. The molecule has 0 aliphatic rings. The van der Waals surface area contributed by atoms with Crippen LogP contribution >= 0.6 is 23.1 Å². The van der Waals surface area contributed by atoms with Gasteiger partial charge in [0.1, 0.15) is 10.8 Å². The quantitative estimate of drug-likeness (QED) is 0.358. The predicted octanol–water partition coefficient (Wildman–Crippen LogP) is 4.81. The highest BCUT2D eigenvalue weighted by Gasteiger charge is 2.11. The second-order valence-electron chi connectivity index (χ2n) is 6.40. The van der Waals surface area contributed by atoms with E-state index in [2.05, 4.69) is 10.3 Å². The topological polar surface area (TPSA) is 60.5 Å². The molecule has 0 spiro atoms. The van der Waals surface area contributed by atoms with Gasteiger partial charge in [0.25, 0.3) is 0 Å². The van der Waals surface area contributed by atoms with Crippen LogP contribution in [-0.4, -0.2) is 37.4 Å². The largest absolute Gasteiger partial charge is 0.493 e. The molecule has 158 valence electrons. The average molecular weight is 447 g/mol. The number of rotatable bonds is 10. The number of halogens is 1. The van der Waals surface area contributed by atoms with Crippen molar-refractivity contribution in [3.63, 3.8) is 0 Å². The lowest BCUT2D eigenvalue weighted by Gasteiger charge is -2.08. The molecule has 1 aromatic heterocycles. The Kier molecular flexibility index (Phi) is 8.10. The Morgan fingerprint density at radius 3 is 2.63 bits per heavy atom. The number of carbonyl (C=O) groups excluding carboxylic acids is 1. The number of carbonyl (C=O) groups is 1. The Bertz CT molecular complexity index is 977. The first-order valence-electron chi connectivity index (χ1n) is 9.41. The minimum absolute atomic E-state index is 0.0501. The van der Waals surface area contributed by atoms with Crippen molar-refractivity contribution < 1.29 is 18.7 Å². The van der Waals surface area contributed by atoms with Gasteiger partial charge >= 0.3 is 0 Å². The second-order valence-corrected chi connectivity index (χ2v) is 8.42. The summed E-state index contributed by atoms with van der Waals surface area (Å²) in [6, 6.07) is 12.1. The van der Waals surface area contributed by atoms with E-state index in [-0.39, 0.29) is 18.1 Å². The summed E-state index contributed by atoms with van der Waals surface area (Å²) in [6.45, 7) is 0.597. The fourth-order valence-corrected chi connectivity index (χ4v) is 4.41. The summed E-state index contributed by atoms with van der Waals surface area (Å²) in [7, 11) is 3.19. The third-order valence-corrected chi connectivity index (χ3v) is 6.29. The summed E-state index contributed by atoms with van der Waals surface area (Å²) in [5, 5.41) is 5.65. The number of thioether (sulfide) groups is 1. The molecule has 0 saturated carbocycles. The van der Waals surface area contributed by atoms with Gasteiger partial charge in [-0.05, 0) is 54.6 Å². The SMILES string of the molecule is COc1ccc(-c2nc(CC(=O)NCCCSc3ccc(F)cc3)cs2)cc1OC. The van der Waals surface area contributed by atoms with Gasteiger partial charge in [-0.2, -0.15) is 0 Å². The lowest BCUT2D eigenvalue weighted by atomic mass is 10.2. The van der Waals surface area contributed by atoms with Crippen molar-refractivity contribution in [2.24, 2.45) is 0 Å². The molecule has 0 unspecified atom stereocenters. The van der Waals surface area contributed by atoms with Crippen LogP contribution in [0.3, 0.4) is 0 Å². The minimum atomic E-state index is -0.233. The highest BCUT2D eigenvalue weighted by molar-refractivity contribution is 7.99. The van der Waals surface area contributed by atoms with E-state index in [0.717, 1.165) is 33.3 Å². The first-order chi connectivity index (χ1) is 14.6. The number of hydrogen-bond donors (Lipinski definition) is 1. The summed E-state index contributed by atoms with van der Waals surface area (Å²) in [5.74, 6) is 1.87. The third-order valence-electron chi connectivity index (χ3n) is 4.25. The molecular weight excluding hydrogens is 423 g/mol. The highest BCUT2D eigenvalue weighted by Crippen LogP contribution is 2.33. The monoisotopic (exact) mass is 446 g/mol. The molecule has 0 aliphatic carbocycles. The number of benzene rings is 2. The fourth-order valence-electron chi connectivity index (χ4n) is 2.74. The Balaban J connectivity index is 1.44. The van der Waals surface area contributed by atoms with Crippen LogP contribution in [0.15, 0.2) is 52.7 Å². The summed E-state index contributed by atoms with van der Waals surface area (Å²) >= 11 is 3.13. The summed E-state index contributed by atoms with van der Waals surface area (Å²) < 4.78 is 23.5. The number of thiazole rings is 1. The van der Waals surface area contributed by atoms with Crippen molar-refractivity contribution in [2.45, 2.75) is 17.7 Å². The van der Waals surface area contributed by atoms with Crippen LogP contribution in [0.5, 0.6) is 11.5 Å². The Morgan fingerprint density at radius 1 is 1.13 bits per heavy atom. The zero-order valence-electron chi connectivity index (χ0n) is 16.8. The van der Waals surface area contributed by atoms with Crippen LogP contribution in [0.2, 0.25) is 0 Å². The molecule has 5 nitrogen and oxygen atoms in total. The Hall–Kier alpha value is -2.58. The molecule has 2 aromatic carbocycles. The van der Waals surface area contributed by atoms with Crippen molar-refractivity contribution >= 4 is 29.0 Å². The molecule has 0 fully saturated rings. The maximum atomic E-state index is 12.9. The van der Waals surface area contributed by atoms with Crippen molar-refractivity contribution in [1.82, 2.24) is 10.3 Å². The van der Waals surface area contributed by atoms with Gasteiger partial charge in [0.05, 0.1) is 26.3 Å². The van der Waals surface area contributed by atoms with Crippen LogP contribution in [-0.2, 0) is 11.2 Å². The maximum absolute atomic E-state index is 12.9. The Morgan fingerprint density at radius 2 is 1.90 bits per heavy atom. The molecule has 0 atom stereocenters. The van der Waals surface area contributed by atoms with E-state index in [1.165, 1.54) is 23.5 Å². The van der Waals surface area contributed by atoms with E-state index in [0.29, 0.717) is 18.0 Å². The van der Waals surface area contributed by atoms with E-state index >= 15 is 0 Å². The molecule has 1 heterocycles. The van der Waals surface area contributed by atoms with Gasteiger partial charge in [0, 0.05) is 22.4 Å². The number of hydrogen-bond acceptors (Lipinski definition) is 6. The van der Waals surface area contributed by atoms with Gasteiger partial charge in [-0.15, -0.1) is 23.1 Å². The molecule has 30 heavy (non-hydrogen) atoms. The van der Waals surface area contributed by atoms with Gasteiger partial charge in [-0.25, -0.2) is 9.37 Å². The third kappa shape index (κ3) is 6.21. The van der Waals surface area contributed by atoms with Crippen molar-refractivity contribution in [2.75, 3.05) is 26.5 Å². The highest BCUT2D eigenvalue weighted by atomic mass is 32.2.